The Balaban J connectivity index is 1.73. The lowest BCUT2D eigenvalue weighted by Crippen LogP contribution is -2.32. The topological polar surface area (TPSA) is 133 Å². The minimum Gasteiger partial charge on any atom is -0.493 e. The summed E-state index contributed by atoms with van der Waals surface area (Å²) in [5, 5.41) is 12.6. The number of carbonyl (C=O) groups is 2. The molecule has 0 spiro atoms. The van der Waals surface area contributed by atoms with Gasteiger partial charge in [-0.15, -0.1) is 0 Å². The van der Waals surface area contributed by atoms with E-state index in [1.165, 1.54) is 39.2 Å². The largest absolute Gasteiger partial charge is 0.493 e. The molecule has 0 bridgehead atoms. The zero-order valence-corrected chi connectivity index (χ0v) is 21.4. The van der Waals surface area contributed by atoms with Crippen molar-refractivity contribution in [2.24, 2.45) is 0 Å². The highest BCUT2D eigenvalue weighted by Crippen LogP contribution is 2.38. The van der Waals surface area contributed by atoms with Crippen molar-refractivity contribution < 1.29 is 28.5 Å². The molecule has 192 valence electrons. The summed E-state index contributed by atoms with van der Waals surface area (Å²) in [6.07, 6.45) is 2.02. The standard InChI is InChI=1S/C26H26N4O6S/c1-33-20-13-18(14-21(34-2)24(20)35-3)16-30-25(32)23(19-7-4-6-17(12-19)15-27)36-22(31)8-11-37-26-28-9-5-10-29-26/h4-7,9-10,12-14,23H,8,11,16H2,1-3H3,(H,30,32). The number of benzene rings is 2. The highest BCUT2D eigenvalue weighted by Gasteiger charge is 2.26. The van der Waals surface area contributed by atoms with E-state index < -0.39 is 18.0 Å². The number of nitrogens with one attached hydrogen (secondary N) is 1. The molecule has 0 aliphatic heterocycles. The molecule has 0 saturated carbocycles. The number of rotatable bonds is 12. The third kappa shape index (κ3) is 7.59. The van der Waals surface area contributed by atoms with Crippen LogP contribution in [0.1, 0.15) is 29.2 Å². The molecular formula is C26H26N4O6S. The number of methoxy groups -OCH3 is 3. The molecule has 0 aliphatic carbocycles. The summed E-state index contributed by atoms with van der Waals surface area (Å²) < 4.78 is 21.6. The average molecular weight is 523 g/mol. The van der Waals surface area contributed by atoms with E-state index in [4.69, 9.17) is 18.9 Å². The molecule has 1 heterocycles. The molecule has 0 saturated heterocycles. The van der Waals surface area contributed by atoms with Crippen LogP contribution in [-0.2, 0) is 20.9 Å². The number of nitriles is 1. The molecule has 2 aromatic carbocycles. The predicted molar refractivity (Wildman–Crippen MR) is 135 cm³/mol. The second kappa shape index (κ2) is 13.7. The van der Waals surface area contributed by atoms with Gasteiger partial charge in [-0.1, -0.05) is 23.9 Å². The molecular weight excluding hydrogens is 496 g/mol. The van der Waals surface area contributed by atoms with E-state index in [9.17, 15) is 14.9 Å². The third-order valence-electron chi connectivity index (χ3n) is 5.08. The predicted octanol–water partition coefficient (Wildman–Crippen LogP) is 3.46. The number of carbonyl (C=O) groups excluding carboxylic acids is 2. The number of thioether (sulfide) groups is 1. The Morgan fingerprint density at radius 1 is 1.03 bits per heavy atom. The first kappa shape index (κ1) is 27.3. The molecule has 3 rings (SSSR count). The monoisotopic (exact) mass is 522 g/mol. The normalized spacial score (nSPS) is 11.1. The van der Waals surface area contributed by atoms with E-state index in [1.807, 2.05) is 6.07 Å². The quantitative estimate of drug-likeness (QED) is 0.214. The lowest BCUT2D eigenvalue weighted by molar-refractivity contribution is -0.156. The zero-order chi connectivity index (χ0) is 26.6. The number of hydrogen-bond acceptors (Lipinski definition) is 10. The van der Waals surface area contributed by atoms with Gasteiger partial charge in [0.1, 0.15) is 0 Å². The second-order valence-corrected chi connectivity index (χ2v) is 8.55. The molecule has 3 aromatic rings. The minimum absolute atomic E-state index is 0.0392. The summed E-state index contributed by atoms with van der Waals surface area (Å²) in [6, 6.07) is 13.5. The van der Waals surface area contributed by atoms with E-state index in [2.05, 4.69) is 15.3 Å². The molecule has 1 atom stereocenters. The molecule has 0 aliphatic rings. The molecule has 0 radical (unpaired) electrons. The Morgan fingerprint density at radius 2 is 1.73 bits per heavy atom. The lowest BCUT2D eigenvalue weighted by Gasteiger charge is -2.19. The average Bonchev–Trinajstić information content (AvgIpc) is 2.94. The summed E-state index contributed by atoms with van der Waals surface area (Å²) in [7, 11) is 4.50. The summed E-state index contributed by atoms with van der Waals surface area (Å²) in [6.45, 7) is 0.0999. The number of ether oxygens (including phenoxy) is 4. The first-order valence-electron chi connectivity index (χ1n) is 11.1. The van der Waals surface area contributed by atoms with Crippen molar-refractivity contribution in [2.45, 2.75) is 24.2 Å². The minimum atomic E-state index is -1.25. The van der Waals surface area contributed by atoms with Crippen molar-refractivity contribution in [1.82, 2.24) is 15.3 Å². The molecule has 1 aromatic heterocycles. The van der Waals surface area contributed by atoms with E-state index in [0.29, 0.717) is 44.8 Å². The van der Waals surface area contributed by atoms with Crippen LogP contribution in [0.15, 0.2) is 60.0 Å². The van der Waals surface area contributed by atoms with Crippen molar-refractivity contribution in [3.8, 4) is 23.3 Å². The first-order valence-corrected chi connectivity index (χ1v) is 12.1. The molecule has 10 nitrogen and oxygen atoms in total. The SMILES string of the molecule is COc1cc(CNC(=O)C(OC(=O)CCSc2ncccn2)c2cccc(C#N)c2)cc(OC)c1OC. The smallest absolute Gasteiger partial charge is 0.307 e. The van der Waals surface area contributed by atoms with Crippen LogP contribution in [0.4, 0.5) is 0 Å². The van der Waals surface area contributed by atoms with Crippen LogP contribution < -0.4 is 19.5 Å². The van der Waals surface area contributed by atoms with Crippen LogP contribution in [0.25, 0.3) is 0 Å². The van der Waals surface area contributed by atoms with Gasteiger partial charge in [-0.25, -0.2) is 9.97 Å². The zero-order valence-electron chi connectivity index (χ0n) is 20.6. The summed E-state index contributed by atoms with van der Waals surface area (Å²) in [5.74, 6) is 0.571. The van der Waals surface area contributed by atoms with Gasteiger partial charge in [0.25, 0.3) is 5.91 Å². The van der Waals surface area contributed by atoms with Gasteiger partial charge in [-0.3, -0.25) is 9.59 Å². The van der Waals surface area contributed by atoms with Crippen LogP contribution in [0.3, 0.4) is 0 Å². The van der Waals surface area contributed by atoms with Crippen LogP contribution in [0, 0.1) is 11.3 Å². The van der Waals surface area contributed by atoms with Gasteiger partial charge >= 0.3 is 5.97 Å². The Hall–Kier alpha value is -4.30. The van der Waals surface area contributed by atoms with Crippen LogP contribution in [0.2, 0.25) is 0 Å². The van der Waals surface area contributed by atoms with E-state index in [0.717, 1.165) is 0 Å². The maximum Gasteiger partial charge on any atom is 0.307 e. The first-order chi connectivity index (χ1) is 18.0. The van der Waals surface area contributed by atoms with Crippen molar-refractivity contribution in [3.63, 3.8) is 0 Å². The number of nitrogens with zero attached hydrogens (tertiary/aromatic N) is 3. The van der Waals surface area contributed by atoms with Crippen molar-refractivity contribution >= 4 is 23.6 Å². The van der Waals surface area contributed by atoms with Crippen LogP contribution in [0.5, 0.6) is 17.2 Å². The van der Waals surface area contributed by atoms with E-state index in [1.54, 1.807) is 48.8 Å². The van der Waals surface area contributed by atoms with Gasteiger partial charge in [0.2, 0.25) is 11.9 Å². The fourth-order valence-electron chi connectivity index (χ4n) is 3.34. The molecule has 11 heteroatoms. The molecule has 1 amide bonds. The highest BCUT2D eigenvalue weighted by molar-refractivity contribution is 7.99. The van der Waals surface area contributed by atoms with Gasteiger partial charge in [0, 0.05) is 30.3 Å². The number of hydrogen-bond donors (Lipinski definition) is 1. The molecule has 1 N–H and O–H groups in total. The Labute approximate surface area is 218 Å². The third-order valence-corrected chi connectivity index (χ3v) is 5.95. The number of esters is 1. The Morgan fingerprint density at radius 3 is 2.35 bits per heavy atom. The number of amides is 1. The summed E-state index contributed by atoms with van der Waals surface area (Å²) in [4.78, 5) is 34.0. The molecule has 1 unspecified atom stereocenters. The number of aromatic nitrogens is 2. The highest BCUT2D eigenvalue weighted by atomic mass is 32.2. The van der Waals surface area contributed by atoms with Gasteiger partial charge in [-0.05, 0) is 35.9 Å². The lowest BCUT2D eigenvalue weighted by atomic mass is 10.1. The van der Waals surface area contributed by atoms with Gasteiger partial charge in [0.15, 0.2) is 16.7 Å². The van der Waals surface area contributed by atoms with E-state index >= 15 is 0 Å². The summed E-state index contributed by atoms with van der Waals surface area (Å²) >= 11 is 1.30. The van der Waals surface area contributed by atoms with Crippen molar-refractivity contribution in [3.05, 3.63) is 71.5 Å². The van der Waals surface area contributed by atoms with Crippen LogP contribution >= 0.6 is 11.8 Å². The molecule has 0 fully saturated rings. The summed E-state index contributed by atoms with van der Waals surface area (Å²) in [5.41, 5.74) is 1.40. The van der Waals surface area contributed by atoms with Gasteiger partial charge in [-0.2, -0.15) is 5.26 Å². The Kier molecular flexibility index (Phi) is 10.1. The maximum absolute atomic E-state index is 13.2. The van der Waals surface area contributed by atoms with Gasteiger partial charge in [0.05, 0.1) is 39.4 Å². The fraction of sp³-hybridized carbons (Fsp3) is 0.269. The van der Waals surface area contributed by atoms with Crippen LogP contribution in [-0.4, -0.2) is 48.9 Å². The maximum atomic E-state index is 13.2. The van der Waals surface area contributed by atoms with Gasteiger partial charge < -0.3 is 24.3 Å². The second-order valence-electron chi connectivity index (χ2n) is 7.49. The van der Waals surface area contributed by atoms with Crippen molar-refractivity contribution in [2.75, 3.05) is 27.1 Å². The van der Waals surface area contributed by atoms with E-state index in [-0.39, 0.29) is 13.0 Å². The molecule has 37 heavy (non-hydrogen) atoms. The fourth-order valence-corrected chi connectivity index (χ4v) is 4.06. The van der Waals surface area contributed by atoms with Crippen molar-refractivity contribution in [1.29, 1.82) is 5.26 Å². The Bertz CT molecular complexity index is 1240.